The smallest absolute Gasteiger partial charge is 0.306 e. The predicted octanol–water partition coefficient (Wildman–Crippen LogP) is 7.72. The Kier molecular flexibility index (Phi) is 30.7. The highest BCUT2D eigenvalue weighted by molar-refractivity contribution is 7.85. The van der Waals surface area contributed by atoms with Crippen LogP contribution in [-0.2, 0) is 38.7 Å². The monoisotopic (exact) mass is 822 g/mol. The molecule has 0 aromatic heterocycles. The van der Waals surface area contributed by atoms with Gasteiger partial charge in [-0.15, -0.1) is 0 Å². The molecule has 1 heterocycles. The maximum Gasteiger partial charge on any atom is 0.306 e. The lowest BCUT2D eigenvalue weighted by Gasteiger charge is -2.40. The van der Waals surface area contributed by atoms with Gasteiger partial charge in [0.15, 0.2) is 12.4 Å². The van der Waals surface area contributed by atoms with Crippen molar-refractivity contribution in [2.45, 2.75) is 160 Å². The molecule has 6 atom stereocenters. The van der Waals surface area contributed by atoms with Crippen molar-refractivity contribution in [3.8, 4) is 0 Å². The summed E-state index contributed by atoms with van der Waals surface area (Å²) in [5.41, 5.74) is 0. The van der Waals surface area contributed by atoms with Crippen molar-refractivity contribution in [1.29, 1.82) is 0 Å². The van der Waals surface area contributed by atoms with Crippen LogP contribution in [0, 0.1) is 0 Å². The zero-order valence-electron chi connectivity index (χ0n) is 34.2. The van der Waals surface area contributed by atoms with Crippen molar-refractivity contribution in [2.75, 3.05) is 19.0 Å². The van der Waals surface area contributed by atoms with Gasteiger partial charge in [0, 0.05) is 12.8 Å². The van der Waals surface area contributed by atoms with Crippen LogP contribution in [0.2, 0.25) is 0 Å². The molecular weight excluding hydrogens is 753 g/mol. The molecule has 0 amide bonds. The Morgan fingerprint density at radius 1 is 0.614 bits per heavy atom. The van der Waals surface area contributed by atoms with Crippen molar-refractivity contribution in [2.24, 2.45) is 0 Å². The number of hydrogen-bond acceptors (Lipinski definition) is 11. The number of ether oxygens (including phenoxy) is 4. The number of unbranched alkanes of at least 4 members (excludes halogenated alkanes) is 6. The summed E-state index contributed by atoms with van der Waals surface area (Å²) in [7, 11) is -4.61. The lowest BCUT2D eigenvalue weighted by atomic mass is 10.00. The van der Waals surface area contributed by atoms with Crippen molar-refractivity contribution in [1.82, 2.24) is 0 Å². The number of allylic oxidation sites excluding steroid dienone is 14. The standard InChI is InChI=1S/C44H70O12S/c1-3-5-7-9-11-13-15-16-17-18-19-20-21-22-23-25-27-29-31-33-40(46)55-37(34-53-39(45)32-30-28-26-24-14-12-10-8-6-4-2)35-54-44-43(49)42(48)41(47)38(56-44)36-57(50,51)52/h5,7-8,10-11,13,16-17,19-20,22-23,27,29,37-38,41-44,47-49H,3-4,6,9,12,14-15,18,21,24-26,28,30-36H2,1-2H3,(H,50,51,52)/b7-5-,10-8-,13-11-,17-16-,20-19-,23-22-,29-27-. The van der Waals surface area contributed by atoms with E-state index >= 15 is 0 Å². The molecule has 13 heteroatoms. The van der Waals surface area contributed by atoms with E-state index in [1.807, 2.05) is 18.2 Å². The number of aliphatic hydroxyl groups excluding tert-OH is 3. The summed E-state index contributed by atoms with van der Waals surface area (Å²) in [4.78, 5) is 25.2. The second-order valence-corrected chi connectivity index (χ2v) is 15.4. The minimum absolute atomic E-state index is 0.0326. The van der Waals surface area contributed by atoms with Crippen LogP contribution in [0.15, 0.2) is 85.1 Å². The summed E-state index contributed by atoms with van der Waals surface area (Å²) in [6.45, 7) is 3.47. The largest absolute Gasteiger partial charge is 0.462 e. The minimum Gasteiger partial charge on any atom is -0.462 e. The zero-order valence-corrected chi connectivity index (χ0v) is 35.0. The molecule has 0 bridgehead atoms. The van der Waals surface area contributed by atoms with Crippen molar-refractivity contribution >= 4 is 22.1 Å². The van der Waals surface area contributed by atoms with Gasteiger partial charge in [0.05, 0.1) is 6.61 Å². The average molecular weight is 823 g/mol. The summed E-state index contributed by atoms with van der Waals surface area (Å²) in [6, 6.07) is 0. The maximum atomic E-state index is 12.7. The van der Waals surface area contributed by atoms with E-state index in [2.05, 4.69) is 80.7 Å². The number of hydrogen-bond donors (Lipinski definition) is 4. The lowest BCUT2D eigenvalue weighted by Crippen LogP contribution is -2.60. The molecule has 1 rings (SSSR count). The normalized spacial score (nSPS) is 21.4. The molecule has 1 saturated heterocycles. The molecule has 1 aliphatic heterocycles. The molecule has 1 fully saturated rings. The fraction of sp³-hybridized carbons (Fsp3) is 0.636. The number of esters is 2. The first-order valence-corrected chi connectivity index (χ1v) is 22.3. The van der Waals surface area contributed by atoms with Gasteiger partial charge >= 0.3 is 11.9 Å². The molecule has 1 aliphatic rings. The lowest BCUT2D eigenvalue weighted by molar-refractivity contribution is -0.297. The topological polar surface area (TPSA) is 186 Å². The van der Waals surface area contributed by atoms with Crippen molar-refractivity contribution < 1.29 is 56.8 Å². The van der Waals surface area contributed by atoms with Gasteiger partial charge in [0.25, 0.3) is 10.1 Å². The SMILES string of the molecule is CC/C=C\C/C=C\C/C=C\C/C=C\C/C=C\C/C=C\CCC(=O)OC(COC(=O)CCCCCCC/C=C\CCC)COC1OC(CS(=O)(=O)O)C(O)C(O)C1O. The van der Waals surface area contributed by atoms with Gasteiger partial charge in [0.2, 0.25) is 0 Å². The second-order valence-electron chi connectivity index (χ2n) is 13.9. The van der Waals surface area contributed by atoms with Crippen LogP contribution in [0.3, 0.4) is 0 Å². The third kappa shape index (κ3) is 28.8. The Labute approximate surface area is 341 Å². The van der Waals surface area contributed by atoms with Crippen LogP contribution in [0.25, 0.3) is 0 Å². The third-order valence-corrected chi connectivity index (χ3v) is 9.45. The fourth-order valence-corrected chi connectivity index (χ4v) is 6.22. The molecule has 0 radical (unpaired) electrons. The van der Waals surface area contributed by atoms with Gasteiger partial charge in [-0.3, -0.25) is 14.1 Å². The number of aliphatic hydroxyl groups is 3. The van der Waals surface area contributed by atoms with E-state index in [1.54, 1.807) is 0 Å². The van der Waals surface area contributed by atoms with Crippen LogP contribution in [0.4, 0.5) is 0 Å². The van der Waals surface area contributed by atoms with E-state index in [-0.39, 0.29) is 19.4 Å². The molecule has 57 heavy (non-hydrogen) atoms. The summed E-state index contributed by atoms with van der Waals surface area (Å²) >= 11 is 0. The summed E-state index contributed by atoms with van der Waals surface area (Å²) in [5, 5.41) is 30.8. The van der Waals surface area contributed by atoms with Crippen LogP contribution in [0.5, 0.6) is 0 Å². The third-order valence-electron chi connectivity index (χ3n) is 8.70. The molecule has 0 aromatic carbocycles. The first-order valence-electron chi connectivity index (χ1n) is 20.6. The second kappa shape index (κ2) is 33.8. The van der Waals surface area contributed by atoms with Crippen LogP contribution in [0.1, 0.15) is 123 Å². The van der Waals surface area contributed by atoms with Crippen LogP contribution < -0.4 is 0 Å². The number of carbonyl (C=O) groups excluding carboxylic acids is 2. The highest BCUT2D eigenvalue weighted by Gasteiger charge is 2.46. The van der Waals surface area contributed by atoms with Crippen molar-refractivity contribution in [3.63, 3.8) is 0 Å². The molecule has 324 valence electrons. The van der Waals surface area contributed by atoms with Gasteiger partial charge in [-0.25, -0.2) is 0 Å². The zero-order chi connectivity index (χ0) is 42.0. The highest BCUT2D eigenvalue weighted by atomic mass is 32.2. The molecule has 0 aromatic rings. The van der Waals surface area contributed by atoms with Crippen LogP contribution in [-0.4, -0.2) is 96.0 Å². The van der Waals surface area contributed by atoms with E-state index in [9.17, 15) is 37.9 Å². The van der Waals surface area contributed by atoms with Crippen molar-refractivity contribution in [3.05, 3.63) is 85.1 Å². The van der Waals surface area contributed by atoms with E-state index in [4.69, 9.17) is 18.9 Å². The maximum absolute atomic E-state index is 12.7. The van der Waals surface area contributed by atoms with Gasteiger partial charge in [-0.2, -0.15) is 8.42 Å². The minimum atomic E-state index is -4.61. The molecule has 4 N–H and O–H groups in total. The Balaban J connectivity index is 2.55. The Bertz CT molecular complexity index is 1380. The van der Waals surface area contributed by atoms with E-state index in [1.165, 1.54) is 0 Å². The highest BCUT2D eigenvalue weighted by Crippen LogP contribution is 2.23. The molecular formula is C44H70O12S. The van der Waals surface area contributed by atoms with Gasteiger partial charge < -0.3 is 34.3 Å². The molecule has 0 spiro atoms. The predicted molar refractivity (Wildman–Crippen MR) is 224 cm³/mol. The average Bonchev–Trinajstić information content (AvgIpc) is 3.17. The first-order chi connectivity index (χ1) is 27.5. The summed E-state index contributed by atoms with van der Waals surface area (Å²) < 4.78 is 53.8. The molecule has 6 unspecified atom stereocenters. The molecule has 12 nitrogen and oxygen atoms in total. The summed E-state index contributed by atoms with van der Waals surface area (Å²) in [6.07, 6.45) is 33.7. The first kappa shape index (κ1) is 51.8. The van der Waals surface area contributed by atoms with Gasteiger partial charge in [-0.05, 0) is 70.6 Å². The number of rotatable bonds is 32. The van der Waals surface area contributed by atoms with E-state index < -0.39 is 71.2 Å². The summed E-state index contributed by atoms with van der Waals surface area (Å²) in [5.74, 6) is -2.12. The Hall–Kier alpha value is -3.17. The van der Waals surface area contributed by atoms with E-state index in [0.29, 0.717) is 19.3 Å². The molecule has 0 saturated carbocycles. The Morgan fingerprint density at radius 2 is 1.14 bits per heavy atom. The Morgan fingerprint density at radius 3 is 1.72 bits per heavy atom. The van der Waals surface area contributed by atoms with E-state index in [0.717, 1.165) is 77.0 Å². The molecule has 0 aliphatic carbocycles. The van der Waals surface area contributed by atoms with Gasteiger partial charge in [-0.1, -0.05) is 125 Å². The quantitative estimate of drug-likeness (QED) is 0.0224. The number of carbonyl (C=O) groups is 2. The fourth-order valence-electron chi connectivity index (χ4n) is 5.53. The van der Waals surface area contributed by atoms with Crippen LogP contribution >= 0.6 is 0 Å². The van der Waals surface area contributed by atoms with Gasteiger partial charge in [0.1, 0.15) is 36.8 Å².